The summed E-state index contributed by atoms with van der Waals surface area (Å²) in [7, 11) is 0. The van der Waals surface area contributed by atoms with Gasteiger partial charge in [0.25, 0.3) is 0 Å². The first-order chi connectivity index (χ1) is 7.79. The van der Waals surface area contributed by atoms with E-state index in [9.17, 15) is 0 Å². The minimum atomic E-state index is 0.607. The van der Waals surface area contributed by atoms with Gasteiger partial charge in [-0.15, -0.1) is 11.3 Å². The molecule has 0 amide bonds. The third-order valence-electron chi connectivity index (χ3n) is 3.49. The number of nitrogens with one attached hydrogen (secondary N) is 1. The van der Waals surface area contributed by atoms with E-state index in [4.69, 9.17) is 5.26 Å². The van der Waals surface area contributed by atoms with Gasteiger partial charge in [0.05, 0.1) is 5.56 Å². The van der Waals surface area contributed by atoms with Gasteiger partial charge in [-0.3, -0.25) is 0 Å². The average molecular weight is 234 g/mol. The molecule has 1 N–H and O–H groups in total. The van der Waals surface area contributed by atoms with E-state index in [0.717, 1.165) is 18.0 Å². The first-order valence-corrected chi connectivity index (χ1v) is 6.88. The van der Waals surface area contributed by atoms with Crippen molar-refractivity contribution in [2.24, 2.45) is 5.92 Å². The van der Waals surface area contributed by atoms with Gasteiger partial charge in [0.2, 0.25) is 0 Å². The molecule has 0 unspecified atom stereocenters. The van der Waals surface area contributed by atoms with Gasteiger partial charge in [0.1, 0.15) is 6.07 Å². The summed E-state index contributed by atoms with van der Waals surface area (Å²) in [6.07, 6.45) is 5.55. The smallest absolute Gasteiger partial charge is 0.100 e. The summed E-state index contributed by atoms with van der Waals surface area (Å²) in [6.45, 7) is 3.19. The molecule has 1 aliphatic carbocycles. The largest absolute Gasteiger partial charge is 0.309 e. The summed E-state index contributed by atoms with van der Waals surface area (Å²) in [5.41, 5.74) is 0.787. The van der Waals surface area contributed by atoms with Crippen LogP contribution in [0.25, 0.3) is 0 Å². The van der Waals surface area contributed by atoms with E-state index in [2.05, 4.69) is 18.3 Å². The van der Waals surface area contributed by atoms with Gasteiger partial charge in [-0.1, -0.05) is 12.8 Å². The van der Waals surface area contributed by atoms with Crippen molar-refractivity contribution in [1.29, 1.82) is 5.26 Å². The van der Waals surface area contributed by atoms with Gasteiger partial charge in [-0.05, 0) is 31.7 Å². The molecule has 0 spiro atoms. The fourth-order valence-corrected chi connectivity index (χ4v) is 3.18. The zero-order chi connectivity index (χ0) is 11.4. The van der Waals surface area contributed by atoms with Gasteiger partial charge >= 0.3 is 0 Å². The number of rotatable bonds is 4. The normalized spacial score (nSPS) is 18.5. The maximum Gasteiger partial charge on any atom is 0.100 e. The van der Waals surface area contributed by atoms with Crippen LogP contribution >= 0.6 is 11.3 Å². The second-order valence-corrected chi connectivity index (χ2v) is 5.62. The second kappa shape index (κ2) is 5.47. The fourth-order valence-electron chi connectivity index (χ4n) is 2.42. The topological polar surface area (TPSA) is 35.8 Å². The summed E-state index contributed by atoms with van der Waals surface area (Å²) < 4.78 is 0. The van der Waals surface area contributed by atoms with Crippen molar-refractivity contribution >= 4 is 11.3 Å². The first-order valence-electron chi connectivity index (χ1n) is 6.00. The SMILES string of the molecule is C[C@H](NCc1cc(C#N)cs1)C1CCCC1. The van der Waals surface area contributed by atoms with E-state index < -0.39 is 0 Å². The highest BCUT2D eigenvalue weighted by Gasteiger charge is 2.20. The molecule has 0 saturated heterocycles. The Labute approximate surface area is 101 Å². The Morgan fingerprint density at radius 3 is 2.94 bits per heavy atom. The Morgan fingerprint density at radius 2 is 2.31 bits per heavy atom. The number of hydrogen-bond donors (Lipinski definition) is 1. The highest BCUT2D eigenvalue weighted by molar-refractivity contribution is 7.10. The highest BCUT2D eigenvalue weighted by atomic mass is 32.1. The zero-order valence-electron chi connectivity index (χ0n) is 9.70. The summed E-state index contributed by atoms with van der Waals surface area (Å²) >= 11 is 1.67. The van der Waals surface area contributed by atoms with E-state index in [-0.39, 0.29) is 0 Å². The lowest BCUT2D eigenvalue weighted by atomic mass is 10.00. The third-order valence-corrected chi connectivity index (χ3v) is 4.42. The van der Waals surface area contributed by atoms with Crippen LogP contribution in [0.2, 0.25) is 0 Å². The van der Waals surface area contributed by atoms with Crippen molar-refractivity contribution in [3.05, 3.63) is 21.9 Å². The maximum atomic E-state index is 8.74. The fraction of sp³-hybridized carbons (Fsp3) is 0.615. The Hall–Kier alpha value is -0.850. The van der Waals surface area contributed by atoms with E-state index in [1.807, 2.05) is 11.4 Å². The Morgan fingerprint density at radius 1 is 1.56 bits per heavy atom. The van der Waals surface area contributed by atoms with Crippen LogP contribution in [-0.2, 0) is 6.54 Å². The average Bonchev–Trinajstić information content (AvgIpc) is 2.96. The van der Waals surface area contributed by atoms with E-state index in [1.54, 1.807) is 11.3 Å². The van der Waals surface area contributed by atoms with Crippen LogP contribution in [0.4, 0.5) is 0 Å². The van der Waals surface area contributed by atoms with E-state index in [1.165, 1.54) is 30.6 Å². The predicted octanol–water partition coefficient (Wildman–Crippen LogP) is 3.29. The lowest BCUT2D eigenvalue weighted by Crippen LogP contribution is -2.31. The molecule has 3 heteroatoms. The lowest BCUT2D eigenvalue weighted by molar-refractivity contribution is 0.381. The Balaban J connectivity index is 1.80. The molecule has 0 aromatic carbocycles. The molecule has 2 nitrogen and oxygen atoms in total. The molecule has 1 fully saturated rings. The van der Waals surface area contributed by atoms with Gasteiger partial charge in [0.15, 0.2) is 0 Å². The van der Waals surface area contributed by atoms with Crippen LogP contribution in [0.5, 0.6) is 0 Å². The molecule has 1 aromatic heterocycles. The molecule has 1 heterocycles. The van der Waals surface area contributed by atoms with Crippen LogP contribution in [0, 0.1) is 17.2 Å². The molecule has 0 aliphatic heterocycles. The van der Waals surface area contributed by atoms with Crippen molar-refractivity contribution in [3.63, 3.8) is 0 Å². The molecular formula is C13H18N2S. The van der Waals surface area contributed by atoms with Crippen LogP contribution in [0.3, 0.4) is 0 Å². The Kier molecular flexibility index (Phi) is 3.98. The minimum Gasteiger partial charge on any atom is -0.309 e. The zero-order valence-corrected chi connectivity index (χ0v) is 10.5. The number of hydrogen-bond acceptors (Lipinski definition) is 3. The number of nitriles is 1. The van der Waals surface area contributed by atoms with Crippen molar-refractivity contribution in [1.82, 2.24) is 5.32 Å². The van der Waals surface area contributed by atoms with E-state index in [0.29, 0.717) is 6.04 Å². The standard InChI is InChI=1S/C13H18N2S/c1-10(12-4-2-3-5-12)15-8-13-6-11(7-14)9-16-13/h6,9-10,12,15H,2-5,8H2,1H3/t10-/m0/s1. The van der Waals surface area contributed by atoms with Crippen LogP contribution < -0.4 is 5.32 Å². The van der Waals surface area contributed by atoms with Crippen molar-refractivity contribution in [2.45, 2.75) is 45.2 Å². The van der Waals surface area contributed by atoms with Crippen LogP contribution in [-0.4, -0.2) is 6.04 Å². The number of thiophene rings is 1. The Bertz CT molecular complexity index is 372. The summed E-state index contributed by atoms with van der Waals surface area (Å²) in [4.78, 5) is 1.27. The van der Waals surface area contributed by atoms with Crippen molar-refractivity contribution < 1.29 is 0 Å². The quantitative estimate of drug-likeness (QED) is 0.867. The molecule has 0 radical (unpaired) electrons. The van der Waals surface area contributed by atoms with Gasteiger partial charge in [-0.2, -0.15) is 5.26 Å². The molecule has 0 bridgehead atoms. The number of nitrogens with zero attached hydrogens (tertiary/aromatic N) is 1. The summed E-state index contributed by atoms with van der Waals surface area (Å²) in [5, 5.41) is 14.2. The first kappa shape index (κ1) is 11.6. The summed E-state index contributed by atoms with van der Waals surface area (Å²) in [5.74, 6) is 0.857. The molecular weight excluding hydrogens is 216 g/mol. The minimum absolute atomic E-state index is 0.607. The molecule has 86 valence electrons. The van der Waals surface area contributed by atoms with E-state index >= 15 is 0 Å². The van der Waals surface area contributed by atoms with Crippen molar-refractivity contribution in [2.75, 3.05) is 0 Å². The lowest BCUT2D eigenvalue weighted by Gasteiger charge is -2.19. The monoisotopic (exact) mass is 234 g/mol. The molecule has 16 heavy (non-hydrogen) atoms. The second-order valence-electron chi connectivity index (χ2n) is 4.63. The third kappa shape index (κ3) is 2.84. The highest BCUT2D eigenvalue weighted by Crippen LogP contribution is 2.27. The summed E-state index contributed by atoms with van der Waals surface area (Å²) in [6, 6.07) is 4.76. The predicted molar refractivity (Wildman–Crippen MR) is 67.3 cm³/mol. The molecule has 2 rings (SSSR count). The molecule has 1 aromatic rings. The van der Waals surface area contributed by atoms with Gasteiger partial charge in [0, 0.05) is 22.8 Å². The molecule has 1 saturated carbocycles. The van der Waals surface area contributed by atoms with Gasteiger partial charge in [-0.25, -0.2) is 0 Å². The van der Waals surface area contributed by atoms with Crippen LogP contribution in [0.15, 0.2) is 11.4 Å². The van der Waals surface area contributed by atoms with Crippen LogP contribution in [0.1, 0.15) is 43.0 Å². The molecule has 1 aliphatic rings. The van der Waals surface area contributed by atoms with Gasteiger partial charge < -0.3 is 5.32 Å². The van der Waals surface area contributed by atoms with Crippen molar-refractivity contribution in [3.8, 4) is 6.07 Å². The maximum absolute atomic E-state index is 8.74. The molecule has 1 atom stereocenters.